The Hall–Kier alpha value is -1.59. The van der Waals surface area contributed by atoms with Crippen molar-refractivity contribution in [3.05, 3.63) is 0 Å². The number of carbonyl (C=O) groups excluding carboxylic acids is 3. The fourth-order valence-corrected chi connectivity index (χ4v) is 9.28. The lowest BCUT2D eigenvalue weighted by molar-refractivity contribution is -0.167. The summed E-state index contributed by atoms with van der Waals surface area (Å²) in [6.07, 6.45) is 59.6. The molecule has 0 amide bonds. The molecule has 0 fully saturated rings. The number of carbonyl (C=O) groups is 3. The topological polar surface area (TPSA) is 78.9 Å². The third-order valence-electron chi connectivity index (χ3n) is 13.8. The van der Waals surface area contributed by atoms with E-state index >= 15 is 0 Å². The van der Waals surface area contributed by atoms with Gasteiger partial charge in [-0.2, -0.15) is 0 Å². The summed E-state index contributed by atoms with van der Waals surface area (Å²) in [6.45, 7) is 9.07. The van der Waals surface area contributed by atoms with Gasteiger partial charge in [0.2, 0.25) is 0 Å². The van der Waals surface area contributed by atoms with Gasteiger partial charge in [-0.25, -0.2) is 0 Å². The van der Waals surface area contributed by atoms with E-state index in [0.717, 1.165) is 63.7 Å². The van der Waals surface area contributed by atoms with Gasteiger partial charge in [0.15, 0.2) is 6.10 Å². The smallest absolute Gasteiger partial charge is 0.306 e. The van der Waals surface area contributed by atoms with Crippen molar-refractivity contribution in [3.63, 3.8) is 0 Å². The maximum atomic E-state index is 12.9. The largest absolute Gasteiger partial charge is 0.462 e. The van der Waals surface area contributed by atoms with Gasteiger partial charge in [-0.05, 0) is 25.2 Å². The van der Waals surface area contributed by atoms with E-state index in [2.05, 4.69) is 27.7 Å². The summed E-state index contributed by atoms with van der Waals surface area (Å²) in [6, 6.07) is 0. The van der Waals surface area contributed by atoms with Crippen LogP contribution in [0.15, 0.2) is 0 Å². The third kappa shape index (κ3) is 53.4. The maximum Gasteiger partial charge on any atom is 0.306 e. The molecule has 66 heavy (non-hydrogen) atoms. The van der Waals surface area contributed by atoms with E-state index in [4.69, 9.17) is 14.2 Å². The molecule has 0 saturated carbocycles. The molecular weight excluding hydrogens is 817 g/mol. The number of unbranched alkanes of at least 4 members (excludes halogenated alkanes) is 42. The summed E-state index contributed by atoms with van der Waals surface area (Å²) in [5.74, 6) is 0.0245. The van der Waals surface area contributed by atoms with Crippen LogP contribution in [0.4, 0.5) is 0 Å². The summed E-state index contributed by atoms with van der Waals surface area (Å²) in [5.41, 5.74) is 0. The van der Waals surface area contributed by atoms with Crippen LogP contribution in [-0.4, -0.2) is 37.2 Å². The summed E-state index contributed by atoms with van der Waals surface area (Å²) in [5, 5.41) is 0. The van der Waals surface area contributed by atoms with Crippen LogP contribution < -0.4 is 0 Å². The average molecular weight is 934 g/mol. The first-order valence-corrected chi connectivity index (χ1v) is 29.9. The van der Waals surface area contributed by atoms with Crippen LogP contribution in [0.5, 0.6) is 0 Å². The Morgan fingerprint density at radius 1 is 0.288 bits per heavy atom. The molecule has 6 heteroatoms. The van der Waals surface area contributed by atoms with Crippen LogP contribution in [0.25, 0.3) is 0 Å². The summed E-state index contributed by atoms with van der Waals surface area (Å²) < 4.78 is 16.9. The summed E-state index contributed by atoms with van der Waals surface area (Å²) in [4.78, 5) is 38.1. The van der Waals surface area contributed by atoms with Crippen molar-refractivity contribution in [1.82, 2.24) is 0 Å². The summed E-state index contributed by atoms with van der Waals surface area (Å²) in [7, 11) is 0. The number of hydrogen-bond donors (Lipinski definition) is 0. The standard InChI is InChI=1S/C60H116O6/c1-5-7-9-11-13-15-17-18-19-25-28-32-36-40-44-48-52-59(62)65-55-57(54-64-58(61)51-47-43-39-35-30-16-14-12-10-8-6-2)66-60(63)53-49-45-41-37-33-29-26-23-21-20-22-24-27-31-34-38-42-46-50-56(3)4/h56-57H,5-55H2,1-4H3/t57-/m0/s1. The zero-order valence-electron chi connectivity index (χ0n) is 45.2. The van der Waals surface area contributed by atoms with Crippen LogP contribution in [0, 0.1) is 5.92 Å². The van der Waals surface area contributed by atoms with E-state index in [0.29, 0.717) is 19.3 Å². The molecule has 0 radical (unpaired) electrons. The first kappa shape index (κ1) is 64.4. The summed E-state index contributed by atoms with van der Waals surface area (Å²) >= 11 is 0. The fourth-order valence-electron chi connectivity index (χ4n) is 9.28. The van der Waals surface area contributed by atoms with Gasteiger partial charge < -0.3 is 14.2 Å². The lowest BCUT2D eigenvalue weighted by Gasteiger charge is -2.18. The Bertz CT molecular complexity index is 996. The molecule has 0 spiro atoms. The van der Waals surface area contributed by atoms with Gasteiger partial charge in [-0.3, -0.25) is 14.4 Å². The van der Waals surface area contributed by atoms with E-state index in [1.54, 1.807) is 0 Å². The van der Waals surface area contributed by atoms with Gasteiger partial charge in [0.25, 0.3) is 0 Å². The van der Waals surface area contributed by atoms with E-state index in [1.807, 2.05) is 0 Å². The normalized spacial score (nSPS) is 12.0. The van der Waals surface area contributed by atoms with E-state index in [-0.39, 0.29) is 31.1 Å². The molecule has 392 valence electrons. The Morgan fingerprint density at radius 3 is 0.742 bits per heavy atom. The predicted octanol–water partition coefficient (Wildman–Crippen LogP) is 19.8. The molecule has 0 N–H and O–H groups in total. The van der Waals surface area contributed by atoms with E-state index in [9.17, 15) is 14.4 Å². The Kier molecular flexibility index (Phi) is 53.0. The van der Waals surface area contributed by atoms with Gasteiger partial charge in [0, 0.05) is 19.3 Å². The van der Waals surface area contributed by atoms with Crippen LogP contribution in [0.3, 0.4) is 0 Å². The molecule has 0 rings (SSSR count). The van der Waals surface area contributed by atoms with Gasteiger partial charge in [-0.1, -0.05) is 304 Å². The number of rotatable bonds is 55. The van der Waals surface area contributed by atoms with Gasteiger partial charge in [0.05, 0.1) is 0 Å². The predicted molar refractivity (Wildman–Crippen MR) is 284 cm³/mol. The molecule has 0 saturated heterocycles. The third-order valence-corrected chi connectivity index (χ3v) is 13.8. The first-order chi connectivity index (χ1) is 32.4. The maximum absolute atomic E-state index is 12.9. The highest BCUT2D eigenvalue weighted by Crippen LogP contribution is 2.18. The molecule has 0 aromatic carbocycles. The monoisotopic (exact) mass is 933 g/mol. The minimum absolute atomic E-state index is 0.0616. The first-order valence-electron chi connectivity index (χ1n) is 29.9. The molecule has 0 bridgehead atoms. The number of hydrogen-bond acceptors (Lipinski definition) is 6. The van der Waals surface area contributed by atoms with Gasteiger partial charge in [0.1, 0.15) is 13.2 Å². The Morgan fingerprint density at radius 2 is 0.500 bits per heavy atom. The van der Waals surface area contributed by atoms with Crippen molar-refractivity contribution < 1.29 is 28.6 Å². The van der Waals surface area contributed by atoms with Crippen LogP contribution >= 0.6 is 0 Å². The molecule has 0 unspecified atom stereocenters. The minimum atomic E-state index is -0.761. The quantitative estimate of drug-likeness (QED) is 0.0343. The van der Waals surface area contributed by atoms with Crippen molar-refractivity contribution in [2.75, 3.05) is 13.2 Å². The highest BCUT2D eigenvalue weighted by Gasteiger charge is 2.19. The second-order valence-corrected chi connectivity index (χ2v) is 21.1. The van der Waals surface area contributed by atoms with Crippen molar-refractivity contribution in [2.24, 2.45) is 5.92 Å². The van der Waals surface area contributed by atoms with Gasteiger partial charge in [-0.15, -0.1) is 0 Å². The lowest BCUT2D eigenvalue weighted by atomic mass is 10.0. The van der Waals surface area contributed by atoms with Crippen LogP contribution in [0.2, 0.25) is 0 Å². The van der Waals surface area contributed by atoms with E-state index < -0.39 is 6.10 Å². The Balaban J connectivity index is 4.23. The molecule has 0 aromatic heterocycles. The van der Waals surface area contributed by atoms with Gasteiger partial charge >= 0.3 is 17.9 Å². The molecule has 0 aromatic rings. The molecular formula is C60H116O6. The van der Waals surface area contributed by atoms with Crippen molar-refractivity contribution in [2.45, 2.75) is 348 Å². The molecule has 1 atom stereocenters. The van der Waals surface area contributed by atoms with Crippen molar-refractivity contribution >= 4 is 17.9 Å². The minimum Gasteiger partial charge on any atom is -0.462 e. The van der Waals surface area contributed by atoms with E-state index in [1.165, 1.54) is 238 Å². The van der Waals surface area contributed by atoms with Crippen LogP contribution in [-0.2, 0) is 28.6 Å². The Labute approximate surface area is 412 Å². The highest BCUT2D eigenvalue weighted by molar-refractivity contribution is 5.71. The van der Waals surface area contributed by atoms with Crippen molar-refractivity contribution in [1.29, 1.82) is 0 Å². The SMILES string of the molecule is CCCCCCCCCCCCCCCCCCC(=O)OC[C@H](COC(=O)CCCCCCCCCCCCC)OC(=O)CCCCCCCCCCCCCCCCCCCCC(C)C. The number of esters is 3. The molecule has 0 heterocycles. The fraction of sp³-hybridized carbons (Fsp3) is 0.950. The zero-order valence-corrected chi connectivity index (χ0v) is 45.2. The second-order valence-electron chi connectivity index (χ2n) is 21.1. The lowest BCUT2D eigenvalue weighted by Crippen LogP contribution is -2.30. The number of ether oxygens (including phenoxy) is 3. The second kappa shape index (κ2) is 54.4. The molecule has 0 aliphatic carbocycles. The van der Waals surface area contributed by atoms with Crippen molar-refractivity contribution in [3.8, 4) is 0 Å². The zero-order chi connectivity index (χ0) is 48.1. The van der Waals surface area contributed by atoms with Crippen LogP contribution in [0.1, 0.15) is 342 Å². The molecule has 6 nitrogen and oxygen atoms in total. The average Bonchev–Trinajstić information content (AvgIpc) is 3.30. The molecule has 0 aliphatic rings. The highest BCUT2D eigenvalue weighted by atomic mass is 16.6. The molecule has 0 aliphatic heterocycles.